The number of nitrogens with zero attached hydrogens (tertiary/aromatic N) is 3. The summed E-state index contributed by atoms with van der Waals surface area (Å²) in [5.41, 5.74) is 1.29. The topological polar surface area (TPSA) is 79.4 Å². The summed E-state index contributed by atoms with van der Waals surface area (Å²) in [7, 11) is 1.79. The third-order valence-electron chi connectivity index (χ3n) is 5.08. The molecule has 7 nitrogen and oxygen atoms in total. The van der Waals surface area contributed by atoms with Crippen LogP contribution in [0, 0.1) is 30.3 Å². The molecule has 2 heterocycles. The molecule has 1 fully saturated rings. The summed E-state index contributed by atoms with van der Waals surface area (Å²) >= 11 is 0. The van der Waals surface area contributed by atoms with Crippen LogP contribution in [0.5, 0.6) is 5.75 Å². The average molecular weight is 407 g/mol. The summed E-state index contributed by atoms with van der Waals surface area (Å²) in [4.78, 5) is 22.3. The number of rotatable bonds is 5. The zero-order valence-electron chi connectivity index (χ0n) is 15.9. The summed E-state index contributed by atoms with van der Waals surface area (Å²) in [6, 6.07) is 1.70. The number of nitrogens with one attached hydrogen (secondary N) is 2. The van der Waals surface area contributed by atoms with E-state index in [1.165, 1.54) is 0 Å². The fourth-order valence-corrected chi connectivity index (χ4v) is 3.49. The van der Waals surface area contributed by atoms with Crippen molar-refractivity contribution in [2.24, 2.45) is 5.92 Å². The van der Waals surface area contributed by atoms with E-state index in [1.807, 2.05) is 0 Å². The Morgan fingerprint density at radius 2 is 1.93 bits per heavy atom. The molecular weight excluding hydrogens is 387 g/mol. The first kappa shape index (κ1) is 19.3. The molecule has 4 rings (SSSR count). The van der Waals surface area contributed by atoms with E-state index in [0.29, 0.717) is 42.5 Å². The van der Waals surface area contributed by atoms with Crippen molar-refractivity contribution in [2.75, 3.05) is 35.7 Å². The lowest BCUT2D eigenvalue weighted by atomic mass is 9.82. The summed E-state index contributed by atoms with van der Waals surface area (Å²) in [5, 5.41) is 5.98. The molecule has 10 heteroatoms. The van der Waals surface area contributed by atoms with Gasteiger partial charge in [-0.2, -0.15) is 4.98 Å². The molecule has 154 valence electrons. The van der Waals surface area contributed by atoms with Gasteiger partial charge in [0.25, 0.3) is 0 Å². The van der Waals surface area contributed by atoms with E-state index in [0.717, 1.165) is 12.1 Å². The third-order valence-corrected chi connectivity index (χ3v) is 5.08. The Kier molecular flexibility index (Phi) is 4.93. The van der Waals surface area contributed by atoms with Crippen LogP contribution < -0.4 is 20.3 Å². The Balaban J connectivity index is 1.31. The largest absolute Gasteiger partial charge is 0.490 e. The summed E-state index contributed by atoms with van der Waals surface area (Å²) in [5.74, 6) is -2.74. The normalized spacial score (nSPS) is 20.6. The molecular formula is C19H20F3N5O2. The molecule has 0 atom stereocenters. The van der Waals surface area contributed by atoms with Gasteiger partial charge in [0.15, 0.2) is 23.3 Å². The zero-order valence-corrected chi connectivity index (χ0v) is 15.9. The van der Waals surface area contributed by atoms with Crippen LogP contribution in [0.15, 0.2) is 12.1 Å². The SMILES string of the molecule is Cc1nc(NC[C@H]2C[C@@H](Oc3cc(F)c(F)c(F)c3)C2)nc2c1NC(=O)CN2C. The predicted molar refractivity (Wildman–Crippen MR) is 101 cm³/mol. The van der Waals surface area contributed by atoms with Crippen molar-refractivity contribution in [1.29, 1.82) is 0 Å². The molecule has 0 unspecified atom stereocenters. The van der Waals surface area contributed by atoms with Gasteiger partial charge in [-0.05, 0) is 25.7 Å². The van der Waals surface area contributed by atoms with Gasteiger partial charge in [-0.1, -0.05) is 0 Å². The van der Waals surface area contributed by atoms with Crippen LogP contribution in [-0.2, 0) is 4.79 Å². The third kappa shape index (κ3) is 3.92. The van der Waals surface area contributed by atoms with Gasteiger partial charge in [0.2, 0.25) is 11.9 Å². The van der Waals surface area contributed by atoms with Crippen LogP contribution in [0.2, 0.25) is 0 Å². The number of ether oxygens (including phenoxy) is 1. The van der Waals surface area contributed by atoms with Gasteiger partial charge in [0.1, 0.15) is 11.4 Å². The molecule has 1 aromatic carbocycles. The van der Waals surface area contributed by atoms with E-state index in [-0.39, 0.29) is 30.2 Å². The molecule has 1 aliphatic heterocycles. The second-order valence-electron chi connectivity index (χ2n) is 7.39. The maximum absolute atomic E-state index is 13.3. The van der Waals surface area contributed by atoms with E-state index in [2.05, 4.69) is 20.6 Å². The minimum absolute atomic E-state index is 0.0171. The number of aromatic nitrogens is 2. The van der Waals surface area contributed by atoms with Crippen LogP contribution in [0.25, 0.3) is 0 Å². The lowest BCUT2D eigenvalue weighted by molar-refractivity contribution is -0.115. The second-order valence-corrected chi connectivity index (χ2v) is 7.39. The van der Waals surface area contributed by atoms with Gasteiger partial charge in [-0.25, -0.2) is 18.2 Å². The first-order valence-corrected chi connectivity index (χ1v) is 9.25. The minimum Gasteiger partial charge on any atom is -0.490 e. The molecule has 29 heavy (non-hydrogen) atoms. The number of halogens is 3. The predicted octanol–water partition coefficient (Wildman–Crippen LogP) is 2.86. The average Bonchev–Trinajstić information content (AvgIpc) is 2.62. The van der Waals surface area contributed by atoms with Gasteiger partial charge < -0.3 is 20.3 Å². The van der Waals surface area contributed by atoms with Crippen LogP contribution in [-0.4, -0.2) is 42.1 Å². The quantitative estimate of drug-likeness (QED) is 0.742. The minimum atomic E-state index is -1.50. The molecule has 2 N–H and O–H groups in total. The number of likely N-dealkylation sites (N-methyl/N-ethyl adjacent to an activating group) is 1. The van der Waals surface area contributed by atoms with E-state index < -0.39 is 17.5 Å². The number of aryl methyl sites for hydroxylation is 1. The standard InChI is InChI=1S/C19H20F3N5O2/c1-9-17-18(27(2)8-15(28)25-17)26-19(24-9)23-7-10-3-11(4-10)29-12-5-13(20)16(22)14(21)6-12/h5-6,10-11H,3-4,7-8H2,1-2H3,(H,25,28)(H,23,24,26)/t10-,11+. The van der Waals surface area contributed by atoms with Gasteiger partial charge in [-0.15, -0.1) is 0 Å². The Morgan fingerprint density at radius 3 is 2.62 bits per heavy atom. The Morgan fingerprint density at radius 1 is 1.24 bits per heavy atom. The van der Waals surface area contributed by atoms with Gasteiger partial charge >= 0.3 is 0 Å². The van der Waals surface area contributed by atoms with Gasteiger partial charge in [-0.3, -0.25) is 4.79 Å². The molecule has 0 radical (unpaired) electrons. The van der Waals surface area contributed by atoms with Crippen LogP contribution in [0.3, 0.4) is 0 Å². The molecule has 0 bridgehead atoms. The van der Waals surface area contributed by atoms with Crippen molar-refractivity contribution >= 4 is 23.4 Å². The van der Waals surface area contributed by atoms with E-state index in [4.69, 9.17) is 4.74 Å². The van der Waals surface area contributed by atoms with Crippen molar-refractivity contribution in [2.45, 2.75) is 25.9 Å². The molecule has 0 saturated heterocycles. The number of amides is 1. The fourth-order valence-electron chi connectivity index (χ4n) is 3.49. The van der Waals surface area contributed by atoms with Crippen molar-refractivity contribution in [1.82, 2.24) is 9.97 Å². The molecule has 1 aliphatic carbocycles. The maximum Gasteiger partial charge on any atom is 0.244 e. The molecule has 2 aromatic rings. The van der Waals surface area contributed by atoms with Crippen molar-refractivity contribution in [3.63, 3.8) is 0 Å². The van der Waals surface area contributed by atoms with Crippen LogP contribution >= 0.6 is 0 Å². The number of fused-ring (bicyclic) bond motifs is 1. The number of anilines is 3. The first-order chi connectivity index (χ1) is 13.8. The number of hydrogen-bond acceptors (Lipinski definition) is 6. The number of carbonyl (C=O) groups excluding carboxylic acids is 1. The van der Waals surface area contributed by atoms with Crippen LogP contribution in [0.4, 0.5) is 30.6 Å². The molecule has 2 aliphatic rings. The number of benzene rings is 1. The first-order valence-electron chi connectivity index (χ1n) is 9.25. The van der Waals surface area contributed by atoms with Gasteiger partial charge in [0, 0.05) is 25.7 Å². The smallest absolute Gasteiger partial charge is 0.244 e. The summed E-state index contributed by atoms with van der Waals surface area (Å²) in [6.07, 6.45) is 1.19. The molecule has 1 aromatic heterocycles. The second kappa shape index (κ2) is 7.41. The molecule has 1 amide bonds. The van der Waals surface area contributed by atoms with Crippen molar-refractivity contribution in [3.8, 4) is 5.75 Å². The Labute approximate surface area is 165 Å². The Hall–Kier alpha value is -3.04. The number of hydrogen-bond donors (Lipinski definition) is 2. The lowest BCUT2D eigenvalue weighted by Gasteiger charge is -2.35. The van der Waals surface area contributed by atoms with Gasteiger partial charge in [0.05, 0.1) is 18.3 Å². The maximum atomic E-state index is 13.3. The van der Waals surface area contributed by atoms with E-state index >= 15 is 0 Å². The van der Waals surface area contributed by atoms with Crippen molar-refractivity contribution in [3.05, 3.63) is 35.3 Å². The highest BCUT2D eigenvalue weighted by molar-refractivity contribution is 6.00. The number of carbonyl (C=O) groups is 1. The van der Waals surface area contributed by atoms with E-state index in [1.54, 1.807) is 18.9 Å². The lowest BCUT2D eigenvalue weighted by Crippen LogP contribution is -2.38. The summed E-state index contributed by atoms with van der Waals surface area (Å²) in [6.45, 7) is 2.65. The summed E-state index contributed by atoms with van der Waals surface area (Å²) < 4.78 is 45.0. The fraction of sp³-hybridized carbons (Fsp3) is 0.421. The molecule has 0 spiro atoms. The van der Waals surface area contributed by atoms with Crippen molar-refractivity contribution < 1.29 is 22.7 Å². The highest BCUT2D eigenvalue weighted by Gasteiger charge is 2.31. The highest BCUT2D eigenvalue weighted by Crippen LogP contribution is 2.33. The van der Waals surface area contributed by atoms with Crippen LogP contribution in [0.1, 0.15) is 18.5 Å². The molecule has 1 saturated carbocycles. The van der Waals surface area contributed by atoms with E-state index in [9.17, 15) is 18.0 Å². The monoisotopic (exact) mass is 407 g/mol. The Bertz CT molecular complexity index is 942. The highest BCUT2D eigenvalue weighted by atomic mass is 19.2. The zero-order chi connectivity index (χ0) is 20.7.